The number of rotatable bonds is 7. The van der Waals surface area contributed by atoms with E-state index in [1.807, 2.05) is 0 Å². The lowest BCUT2D eigenvalue weighted by Gasteiger charge is -1.93. The SMILES string of the molecule is CCCCCCCCl.CCCCCl. The highest BCUT2D eigenvalue weighted by molar-refractivity contribution is 6.18. The van der Waals surface area contributed by atoms with E-state index in [1.165, 1.54) is 38.5 Å². The summed E-state index contributed by atoms with van der Waals surface area (Å²) in [6, 6.07) is 0. The molecule has 0 aromatic carbocycles. The third kappa shape index (κ3) is 24.5. The van der Waals surface area contributed by atoms with Gasteiger partial charge in [0.1, 0.15) is 0 Å². The van der Waals surface area contributed by atoms with E-state index in [1.54, 1.807) is 0 Å². The number of unbranched alkanes of at least 4 members (excludes halogenated alkanes) is 5. The quantitative estimate of drug-likeness (QED) is 0.413. The maximum Gasteiger partial charge on any atom is 0.0223 e. The summed E-state index contributed by atoms with van der Waals surface area (Å²) in [7, 11) is 0. The van der Waals surface area contributed by atoms with Gasteiger partial charge < -0.3 is 0 Å². The van der Waals surface area contributed by atoms with Crippen LogP contribution in [0, 0.1) is 0 Å². The van der Waals surface area contributed by atoms with Crippen LogP contribution in [0.5, 0.6) is 0 Å². The molecule has 0 spiro atoms. The Bertz CT molecular complexity index is 57.1. The molecule has 0 aromatic heterocycles. The zero-order chi connectivity index (χ0) is 10.4. The Morgan fingerprint density at radius 2 is 1.08 bits per heavy atom. The van der Waals surface area contributed by atoms with E-state index in [0.29, 0.717) is 0 Å². The van der Waals surface area contributed by atoms with Crippen LogP contribution in [0.25, 0.3) is 0 Å². The second-order valence-electron chi connectivity index (χ2n) is 3.15. The molecule has 0 unspecified atom stereocenters. The van der Waals surface area contributed by atoms with Gasteiger partial charge in [0.15, 0.2) is 0 Å². The molecule has 13 heavy (non-hydrogen) atoms. The lowest BCUT2D eigenvalue weighted by molar-refractivity contribution is 0.658. The largest absolute Gasteiger partial charge is 0.127 e. The van der Waals surface area contributed by atoms with Crippen LogP contribution in [-0.4, -0.2) is 11.8 Å². The lowest BCUT2D eigenvalue weighted by Crippen LogP contribution is -1.76. The van der Waals surface area contributed by atoms with Gasteiger partial charge in [-0.05, 0) is 12.8 Å². The van der Waals surface area contributed by atoms with Crippen LogP contribution in [0.2, 0.25) is 0 Å². The van der Waals surface area contributed by atoms with E-state index < -0.39 is 0 Å². The van der Waals surface area contributed by atoms with Crippen LogP contribution >= 0.6 is 23.2 Å². The minimum absolute atomic E-state index is 0.816. The highest BCUT2D eigenvalue weighted by atomic mass is 35.5. The van der Waals surface area contributed by atoms with Crippen molar-refractivity contribution in [3.8, 4) is 0 Å². The molecule has 82 valence electrons. The smallest absolute Gasteiger partial charge is 0.0223 e. The number of hydrogen-bond acceptors (Lipinski definition) is 0. The van der Waals surface area contributed by atoms with Gasteiger partial charge in [0, 0.05) is 11.8 Å². The molecule has 0 fully saturated rings. The standard InChI is InChI=1S/C7H15Cl.C4H9Cl/c1-2-3-4-5-6-7-8;1-2-3-4-5/h2-7H2,1H3;2-4H2,1H3. The molecule has 0 amide bonds. The summed E-state index contributed by atoms with van der Waals surface area (Å²) in [5.41, 5.74) is 0. The fourth-order valence-electron chi connectivity index (χ4n) is 0.832. The van der Waals surface area contributed by atoms with Gasteiger partial charge in [-0.1, -0.05) is 46.0 Å². The van der Waals surface area contributed by atoms with Crippen molar-refractivity contribution in [2.24, 2.45) is 0 Å². The molecular formula is C11H24Cl2. The van der Waals surface area contributed by atoms with Crippen molar-refractivity contribution in [3.05, 3.63) is 0 Å². The van der Waals surface area contributed by atoms with Gasteiger partial charge in [-0.15, -0.1) is 23.2 Å². The number of alkyl halides is 2. The first-order valence-corrected chi connectivity index (χ1v) is 6.52. The molecule has 0 nitrogen and oxygen atoms in total. The molecule has 0 rings (SSSR count). The summed E-state index contributed by atoms with van der Waals surface area (Å²) in [5.74, 6) is 1.65. The Labute approximate surface area is 94.0 Å². The van der Waals surface area contributed by atoms with Crippen molar-refractivity contribution >= 4 is 23.2 Å². The van der Waals surface area contributed by atoms with Crippen molar-refractivity contribution < 1.29 is 0 Å². The van der Waals surface area contributed by atoms with Crippen molar-refractivity contribution in [1.29, 1.82) is 0 Å². The molecule has 0 N–H and O–H groups in total. The average molecular weight is 227 g/mol. The third-order valence-electron chi connectivity index (χ3n) is 1.72. The second kappa shape index (κ2) is 18.4. The van der Waals surface area contributed by atoms with Crippen LogP contribution in [-0.2, 0) is 0 Å². The zero-order valence-electron chi connectivity index (χ0n) is 9.12. The van der Waals surface area contributed by atoms with E-state index in [2.05, 4.69) is 13.8 Å². The number of hydrogen-bond donors (Lipinski definition) is 0. The number of halogens is 2. The van der Waals surface area contributed by atoms with Crippen LogP contribution < -0.4 is 0 Å². The zero-order valence-corrected chi connectivity index (χ0v) is 10.6. The monoisotopic (exact) mass is 226 g/mol. The molecular weight excluding hydrogens is 203 g/mol. The summed E-state index contributed by atoms with van der Waals surface area (Å²) in [6.45, 7) is 4.35. The minimum Gasteiger partial charge on any atom is -0.127 e. The first-order valence-electron chi connectivity index (χ1n) is 5.45. The molecule has 0 saturated carbocycles. The highest BCUT2D eigenvalue weighted by Crippen LogP contribution is 2.02. The van der Waals surface area contributed by atoms with Gasteiger partial charge >= 0.3 is 0 Å². The Kier molecular flexibility index (Phi) is 22.7. The summed E-state index contributed by atoms with van der Waals surface area (Å²) < 4.78 is 0. The molecule has 0 aromatic rings. The Balaban J connectivity index is 0. The summed E-state index contributed by atoms with van der Waals surface area (Å²) in [5, 5.41) is 0. The normalized spacial score (nSPS) is 9.23. The third-order valence-corrected chi connectivity index (χ3v) is 2.26. The maximum atomic E-state index is 5.48. The van der Waals surface area contributed by atoms with E-state index >= 15 is 0 Å². The molecule has 0 heterocycles. The van der Waals surface area contributed by atoms with Gasteiger partial charge in [-0.25, -0.2) is 0 Å². The molecule has 0 aliphatic rings. The average Bonchev–Trinajstić information content (AvgIpc) is 2.15. The first-order chi connectivity index (χ1) is 6.33. The summed E-state index contributed by atoms with van der Waals surface area (Å²) >= 11 is 10.8. The minimum atomic E-state index is 0.816. The van der Waals surface area contributed by atoms with Crippen molar-refractivity contribution in [2.75, 3.05) is 11.8 Å². The molecule has 2 heteroatoms. The van der Waals surface area contributed by atoms with Crippen molar-refractivity contribution in [2.45, 2.75) is 58.8 Å². The van der Waals surface area contributed by atoms with E-state index in [4.69, 9.17) is 23.2 Å². The Hall–Kier alpha value is 0.580. The Morgan fingerprint density at radius 3 is 1.38 bits per heavy atom. The predicted octanol–water partition coefficient (Wildman–Crippen LogP) is 5.22. The highest BCUT2D eigenvalue weighted by Gasteiger charge is 1.84. The van der Waals surface area contributed by atoms with Gasteiger partial charge in [0.25, 0.3) is 0 Å². The fourth-order valence-corrected chi connectivity index (χ4v) is 1.29. The van der Waals surface area contributed by atoms with Crippen molar-refractivity contribution in [3.63, 3.8) is 0 Å². The van der Waals surface area contributed by atoms with Crippen LogP contribution in [0.15, 0.2) is 0 Å². The van der Waals surface area contributed by atoms with Crippen molar-refractivity contribution in [1.82, 2.24) is 0 Å². The van der Waals surface area contributed by atoms with Gasteiger partial charge in [-0.3, -0.25) is 0 Å². The second-order valence-corrected chi connectivity index (χ2v) is 3.90. The molecule has 0 aliphatic heterocycles. The maximum absolute atomic E-state index is 5.48. The predicted molar refractivity (Wildman–Crippen MR) is 65.1 cm³/mol. The van der Waals surface area contributed by atoms with E-state index in [-0.39, 0.29) is 0 Å². The van der Waals surface area contributed by atoms with Crippen LogP contribution in [0.1, 0.15) is 58.8 Å². The molecule has 0 bridgehead atoms. The van der Waals surface area contributed by atoms with Crippen LogP contribution in [0.3, 0.4) is 0 Å². The van der Waals surface area contributed by atoms with Gasteiger partial charge in [0.2, 0.25) is 0 Å². The van der Waals surface area contributed by atoms with Gasteiger partial charge in [-0.2, -0.15) is 0 Å². The van der Waals surface area contributed by atoms with E-state index in [9.17, 15) is 0 Å². The summed E-state index contributed by atoms with van der Waals surface area (Å²) in [4.78, 5) is 0. The molecule has 0 aliphatic carbocycles. The molecule has 0 radical (unpaired) electrons. The topological polar surface area (TPSA) is 0 Å². The van der Waals surface area contributed by atoms with Gasteiger partial charge in [0.05, 0.1) is 0 Å². The first kappa shape index (κ1) is 16.0. The van der Waals surface area contributed by atoms with E-state index in [0.717, 1.165) is 18.2 Å². The molecule has 0 saturated heterocycles. The van der Waals surface area contributed by atoms with Crippen LogP contribution in [0.4, 0.5) is 0 Å². The lowest BCUT2D eigenvalue weighted by atomic mass is 10.2. The summed E-state index contributed by atoms with van der Waals surface area (Å²) in [6.07, 6.45) is 8.94. The Morgan fingerprint density at radius 1 is 0.615 bits per heavy atom. The fraction of sp³-hybridized carbons (Fsp3) is 1.00. The molecule has 0 atom stereocenters.